The highest BCUT2D eigenvalue weighted by atomic mass is 35.5. The zero-order chi connectivity index (χ0) is 15.1. The number of amides is 1. The van der Waals surface area contributed by atoms with E-state index in [0.29, 0.717) is 28.8 Å². The molecule has 0 aliphatic carbocycles. The Morgan fingerprint density at radius 2 is 2.19 bits per heavy atom. The summed E-state index contributed by atoms with van der Waals surface area (Å²) in [6.45, 7) is 2.96. The van der Waals surface area contributed by atoms with Gasteiger partial charge in [-0.2, -0.15) is 0 Å². The first-order valence-corrected chi connectivity index (χ1v) is 7.67. The first-order valence-electron chi connectivity index (χ1n) is 6.91. The van der Waals surface area contributed by atoms with Crippen LogP contribution in [0.15, 0.2) is 18.2 Å². The molecule has 0 saturated carbocycles. The number of H-pyrrole nitrogens is 1. The predicted molar refractivity (Wildman–Crippen MR) is 84.0 cm³/mol. The lowest BCUT2D eigenvalue weighted by Gasteiger charge is -2.34. The van der Waals surface area contributed by atoms with Crippen molar-refractivity contribution in [2.75, 3.05) is 13.1 Å². The number of nitrogens with zero attached hydrogens (tertiary/aromatic N) is 1. The Bertz CT molecular complexity index is 698. The number of fused-ring (bicyclic) bond motifs is 1. The van der Waals surface area contributed by atoms with E-state index in [2.05, 4.69) is 4.98 Å². The Morgan fingerprint density at radius 3 is 2.90 bits per heavy atom. The van der Waals surface area contributed by atoms with E-state index in [1.165, 1.54) is 0 Å². The second-order valence-corrected chi connectivity index (χ2v) is 6.40. The second-order valence-electron chi connectivity index (χ2n) is 5.59. The van der Waals surface area contributed by atoms with Crippen LogP contribution < -0.4 is 0 Å². The molecule has 4 nitrogen and oxygen atoms in total. The number of carbonyl (C=O) groups is 1. The van der Waals surface area contributed by atoms with Gasteiger partial charge in [-0.3, -0.25) is 4.79 Å². The number of carbonyl (C=O) groups excluding carboxylic acids is 1. The highest BCUT2D eigenvalue weighted by Gasteiger charge is 2.30. The third-order valence-corrected chi connectivity index (χ3v) is 4.74. The molecule has 1 saturated heterocycles. The van der Waals surface area contributed by atoms with Gasteiger partial charge < -0.3 is 15.0 Å². The molecule has 2 heterocycles. The van der Waals surface area contributed by atoms with Crippen LogP contribution in [-0.4, -0.2) is 40.1 Å². The number of nitrogens with one attached hydrogen (secondary N) is 1. The van der Waals surface area contributed by atoms with Gasteiger partial charge in [0.05, 0.1) is 11.1 Å². The van der Waals surface area contributed by atoms with Crippen LogP contribution in [0.4, 0.5) is 0 Å². The number of halogens is 2. The number of aliphatic hydroxyl groups is 1. The number of piperidine rings is 1. The molecule has 6 heteroatoms. The van der Waals surface area contributed by atoms with Gasteiger partial charge in [-0.1, -0.05) is 30.1 Å². The molecule has 1 aliphatic rings. The van der Waals surface area contributed by atoms with E-state index in [0.717, 1.165) is 17.3 Å². The van der Waals surface area contributed by atoms with Crippen LogP contribution in [0.25, 0.3) is 10.9 Å². The molecule has 2 aromatic rings. The average Bonchev–Trinajstić information content (AvgIpc) is 2.78. The standard InChI is InChI=1S/C15H16Cl2N2O2/c1-8-4-5-19(7-12(8)20)15(21)14-13(17)10-6-9(16)2-3-11(10)18-14/h2-3,6,8,12,18,20H,4-5,7H2,1H3. The molecule has 1 aromatic heterocycles. The first kappa shape index (κ1) is 14.7. The SMILES string of the molecule is CC1CCN(C(=O)c2[nH]c3ccc(Cl)cc3c2Cl)CC1O. The molecule has 0 bridgehead atoms. The van der Waals surface area contributed by atoms with E-state index in [1.807, 2.05) is 6.92 Å². The van der Waals surface area contributed by atoms with Gasteiger partial charge in [0, 0.05) is 29.0 Å². The topological polar surface area (TPSA) is 56.3 Å². The van der Waals surface area contributed by atoms with E-state index >= 15 is 0 Å². The van der Waals surface area contributed by atoms with Gasteiger partial charge >= 0.3 is 0 Å². The second kappa shape index (κ2) is 5.52. The highest BCUT2D eigenvalue weighted by molar-refractivity contribution is 6.39. The fraction of sp³-hybridized carbons (Fsp3) is 0.400. The van der Waals surface area contributed by atoms with Gasteiger partial charge in [0.15, 0.2) is 0 Å². The molecule has 1 fully saturated rings. The third-order valence-electron chi connectivity index (χ3n) is 4.12. The summed E-state index contributed by atoms with van der Waals surface area (Å²) in [5, 5.41) is 11.6. The number of aliphatic hydroxyl groups excluding tert-OH is 1. The largest absolute Gasteiger partial charge is 0.391 e. The summed E-state index contributed by atoms with van der Waals surface area (Å²) >= 11 is 12.3. The number of rotatable bonds is 1. The molecule has 2 atom stereocenters. The maximum absolute atomic E-state index is 12.6. The summed E-state index contributed by atoms with van der Waals surface area (Å²) in [5.74, 6) is 0.0318. The zero-order valence-corrected chi connectivity index (χ0v) is 13.1. The van der Waals surface area contributed by atoms with Gasteiger partial charge in [-0.25, -0.2) is 0 Å². The van der Waals surface area contributed by atoms with E-state index < -0.39 is 6.10 Å². The fourth-order valence-corrected chi connectivity index (χ4v) is 3.13. The maximum Gasteiger partial charge on any atom is 0.271 e. The van der Waals surface area contributed by atoms with Crippen LogP contribution in [0.3, 0.4) is 0 Å². The van der Waals surface area contributed by atoms with Crippen LogP contribution >= 0.6 is 23.2 Å². The number of benzene rings is 1. The number of aromatic amines is 1. The zero-order valence-electron chi connectivity index (χ0n) is 11.6. The molecule has 1 amide bonds. The number of aromatic nitrogens is 1. The monoisotopic (exact) mass is 326 g/mol. The Labute approximate surface area is 132 Å². The quantitative estimate of drug-likeness (QED) is 0.844. The predicted octanol–water partition coefficient (Wildman–Crippen LogP) is 3.32. The van der Waals surface area contributed by atoms with E-state index in [-0.39, 0.29) is 11.8 Å². The van der Waals surface area contributed by atoms with Gasteiger partial charge in [0.1, 0.15) is 5.69 Å². The normalized spacial score (nSPS) is 22.8. The van der Waals surface area contributed by atoms with Crippen molar-refractivity contribution in [1.82, 2.24) is 9.88 Å². The lowest BCUT2D eigenvalue weighted by Crippen LogP contribution is -2.46. The van der Waals surface area contributed by atoms with Crippen LogP contribution in [0.2, 0.25) is 10.0 Å². The minimum atomic E-state index is -0.486. The minimum absolute atomic E-state index is 0.182. The molecular formula is C15H16Cl2N2O2. The van der Waals surface area contributed by atoms with Gasteiger partial charge in [-0.05, 0) is 30.5 Å². The van der Waals surface area contributed by atoms with Crippen molar-refractivity contribution in [2.45, 2.75) is 19.4 Å². The first-order chi connectivity index (χ1) is 9.97. The maximum atomic E-state index is 12.6. The fourth-order valence-electron chi connectivity index (χ4n) is 2.67. The highest BCUT2D eigenvalue weighted by Crippen LogP contribution is 2.31. The number of β-amino-alcohol motifs (C(OH)–C–C–N with tert-alkyl or cyclic N) is 1. The molecule has 0 radical (unpaired) electrons. The van der Waals surface area contributed by atoms with Crippen LogP contribution in [0, 0.1) is 5.92 Å². The molecular weight excluding hydrogens is 311 g/mol. The van der Waals surface area contributed by atoms with Crippen molar-refractivity contribution < 1.29 is 9.90 Å². The van der Waals surface area contributed by atoms with Crippen LogP contribution in [-0.2, 0) is 0 Å². The number of likely N-dealkylation sites (tertiary alicyclic amines) is 1. The van der Waals surface area contributed by atoms with Crippen molar-refractivity contribution in [3.63, 3.8) is 0 Å². The summed E-state index contributed by atoms with van der Waals surface area (Å²) in [7, 11) is 0. The van der Waals surface area contributed by atoms with E-state index in [1.54, 1.807) is 23.1 Å². The summed E-state index contributed by atoms with van der Waals surface area (Å²) in [6, 6.07) is 5.28. The third kappa shape index (κ3) is 2.63. The van der Waals surface area contributed by atoms with Crippen molar-refractivity contribution >= 4 is 40.0 Å². The molecule has 2 unspecified atom stereocenters. The molecule has 2 N–H and O–H groups in total. The van der Waals surface area contributed by atoms with Crippen molar-refractivity contribution in [3.8, 4) is 0 Å². The molecule has 21 heavy (non-hydrogen) atoms. The summed E-state index contributed by atoms with van der Waals surface area (Å²) in [5.41, 5.74) is 1.13. The summed E-state index contributed by atoms with van der Waals surface area (Å²) in [6.07, 6.45) is 0.302. The van der Waals surface area contributed by atoms with E-state index in [9.17, 15) is 9.90 Å². The molecule has 0 spiro atoms. The minimum Gasteiger partial charge on any atom is -0.391 e. The Hall–Kier alpha value is -1.23. The average molecular weight is 327 g/mol. The summed E-state index contributed by atoms with van der Waals surface area (Å²) in [4.78, 5) is 17.3. The lowest BCUT2D eigenvalue weighted by molar-refractivity contribution is 0.0246. The summed E-state index contributed by atoms with van der Waals surface area (Å²) < 4.78 is 0. The molecule has 1 aliphatic heterocycles. The molecule has 3 rings (SSSR count). The molecule has 1 aromatic carbocycles. The smallest absolute Gasteiger partial charge is 0.271 e. The lowest BCUT2D eigenvalue weighted by atomic mass is 9.96. The number of hydrogen-bond acceptors (Lipinski definition) is 2. The Kier molecular flexibility index (Phi) is 3.86. The van der Waals surface area contributed by atoms with Crippen LogP contribution in [0.1, 0.15) is 23.8 Å². The van der Waals surface area contributed by atoms with Crippen molar-refractivity contribution in [3.05, 3.63) is 33.9 Å². The molecule has 112 valence electrons. The van der Waals surface area contributed by atoms with Gasteiger partial charge in [-0.15, -0.1) is 0 Å². The van der Waals surface area contributed by atoms with E-state index in [4.69, 9.17) is 23.2 Å². The number of hydrogen-bond donors (Lipinski definition) is 2. The van der Waals surface area contributed by atoms with Crippen LogP contribution in [0.5, 0.6) is 0 Å². The van der Waals surface area contributed by atoms with Gasteiger partial charge in [0.25, 0.3) is 5.91 Å². The van der Waals surface area contributed by atoms with Crippen molar-refractivity contribution in [2.24, 2.45) is 5.92 Å². The Balaban J connectivity index is 1.93. The Morgan fingerprint density at radius 1 is 1.43 bits per heavy atom. The van der Waals surface area contributed by atoms with Gasteiger partial charge in [0.2, 0.25) is 0 Å². The van der Waals surface area contributed by atoms with Crippen molar-refractivity contribution in [1.29, 1.82) is 0 Å².